The van der Waals surface area contributed by atoms with Crippen LogP contribution in [0.25, 0.3) is 22.4 Å². The van der Waals surface area contributed by atoms with Crippen LogP contribution >= 0.6 is 0 Å². The fourth-order valence-corrected chi connectivity index (χ4v) is 7.30. The maximum absolute atomic E-state index is 11.0. The average molecular weight is 465 g/mol. The first-order valence-electron chi connectivity index (χ1n) is 12.7. The summed E-state index contributed by atoms with van der Waals surface area (Å²) in [4.78, 5) is 12.5. The molecule has 34 heavy (non-hydrogen) atoms. The lowest BCUT2D eigenvalue weighted by Gasteiger charge is -2.58. The Balaban J connectivity index is 1.15. The van der Waals surface area contributed by atoms with E-state index in [1.807, 2.05) is 12.4 Å². The van der Waals surface area contributed by atoms with Crippen molar-refractivity contribution < 1.29 is 14.4 Å². The Hall–Kier alpha value is -2.49. The lowest BCUT2D eigenvalue weighted by Crippen LogP contribution is -2.59. The average Bonchev–Trinajstić information content (AvgIpc) is 3.57. The van der Waals surface area contributed by atoms with Crippen molar-refractivity contribution in [2.45, 2.75) is 69.2 Å². The number of hydrogen-bond acceptors (Lipinski definition) is 8. The molecule has 1 saturated heterocycles. The number of ether oxygens (including phenoxy) is 1. The van der Waals surface area contributed by atoms with Gasteiger partial charge in [-0.1, -0.05) is 5.16 Å². The van der Waals surface area contributed by atoms with Crippen molar-refractivity contribution in [2.24, 2.45) is 17.8 Å². The van der Waals surface area contributed by atoms with Crippen LogP contribution in [0.2, 0.25) is 0 Å². The SMILES string of the molecule is OC12CC3CC(C1)C(Nc1c(-c4noc(CNCC5CCCO5)n4)cnc4[nH]ccc14)C(C3)C2. The minimum absolute atomic E-state index is 0.275. The Morgan fingerprint density at radius 1 is 1.21 bits per heavy atom. The number of nitrogens with zero attached hydrogens (tertiary/aromatic N) is 3. The predicted octanol–water partition coefficient (Wildman–Crippen LogP) is 3.23. The molecule has 4 aliphatic carbocycles. The van der Waals surface area contributed by atoms with Crippen LogP contribution in [0.4, 0.5) is 5.69 Å². The molecule has 1 aliphatic heterocycles. The van der Waals surface area contributed by atoms with Gasteiger partial charge in [-0.15, -0.1) is 0 Å². The fourth-order valence-electron chi connectivity index (χ4n) is 7.30. The molecule has 4 heterocycles. The van der Waals surface area contributed by atoms with E-state index in [-0.39, 0.29) is 6.10 Å². The third-order valence-corrected chi connectivity index (χ3v) is 8.52. The molecule has 4 N–H and O–H groups in total. The summed E-state index contributed by atoms with van der Waals surface area (Å²) >= 11 is 0. The highest BCUT2D eigenvalue weighted by Gasteiger charge is 2.54. The Kier molecular flexibility index (Phi) is 4.93. The monoisotopic (exact) mass is 464 g/mol. The number of fused-ring (bicyclic) bond motifs is 1. The van der Waals surface area contributed by atoms with Gasteiger partial charge in [-0.3, -0.25) is 0 Å². The van der Waals surface area contributed by atoms with Gasteiger partial charge in [-0.25, -0.2) is 4.98 Å². The first-order chi connectivity index (χ1) is 16.6. The molecular weight excluding hydrogens is 432 g/mol. The van der Waals surface area contributed by atoms with Gasteiger partial charge in [0.1, 0.15) is 5.65 Å². The summed E-state index contributed by atoms with van der Waals surface area (Å²) in [5.41, 5.74) is 2.26. The lowest BCUT2D eigenvalue weighted by molar-refractivity contribution is -0.129. The minimum Gasteiger partial charge on any atom is -0.390 e. The zero-order chi connectivity index (χ0) is 22.7. The fraction of sp³-hybridized carbons (Fsp3) is 0.640. The van der Waals surface area contributed by atoms with Gasteiger partial charge in [-0.05, 0) is 68.8 Å². The van der Waals surface area contributed by atoms with Gasteiger partial charge in [0.25, 0.3) is 0 Å². The van der Waals surface area contributed by atoms with E-state index in [1.54, 1.807) is 0 Å². The van der Waals surface area contributed by atoms with Crippen molar-refractivity contribution in [3.05, 3.63) is 24.4 Å². The highest BCUT2D eigenvalue weighted by Crippen LogP contribution is 2.56. The van der Waals surface area contributed by atoms with E-state index in [2.05, 4.69) is 36.8 Å². The van der Waals surface area contributed by atoms with E-state index in [0.29, 0.717) is 42.1 Å². The molecule has 0 amide bonds. The van der Waals surface area contributed by atoms with E-state index in [4.69, 9.17) is 9.26 Å². The largest absolute Gasteiger partial charge is 0.390 e. The van der Waals surface area contributed by atoms with Crippen molar-refractivity contribution in [3.8, 4) is 11.4 Å². The van der Waals surface area contributed by atoms with E-state index < -0.39 is 5.60 Å². The molecule has 9 heteroatoms. The molecule has 4 saturated carbocycles. The smallest absolute Gasteiger partial charge is 0.240 e. The second-order valence-electron chi connectivity index (χ2n) is 10.9. The highest BCUT2D eigenvalue weighted by atomic mass is 16.5. The number of H-pyrrole nitrogens is 1. The van der Waals surface area contributed by atoms with Crippen molar-refractivity contribution in [3.63, 3.8) is 0 Å². The van der Waals surface area contributed by atoms with Crippen molar-refractivity contribution in [1.82, 2.24) is 25.4 Å². The van der Waals surface area contributed by atoms with E-state index in [9.17, 15) is 5.11 Å². The van der Waals surface area contributed by atoms with Gasteiger partial charge in [0.15, 0.2) is 0 Å². The van der Waals surface area contributed by atoms with Gasteiger partial charge in [0.2, 0.25) is 11.7 Å². The Morgan fingerprint density at radius 3 is 2.88 bits per heavy atom. The summed E-state index contributed by atoms with van der Waals surface area (Å²) in [6, 6.07) is 2.40. The molecule has 180 valence electrons. The maximum atomic E-state index is 11.0. The zero-order valence-electron chi connectivity index (χ0n) is 19.3. The van der Waals surface area contributed by atoms with Gasteiger partial charge in [-0.2, -0.15) is 4.98 Å². The Labute approximate surface area is 198 Å². The Morgan fingerprint density at radius 2 is 2.09 bits per heavy atom. The van der Waals surface area contributed by atoms with Crippen molar-refractivity contribution in [1.29, 1.82) is 0 Å². The molecular formula is C25H32N6O3. The van der Waals surface area contributed by atoms with Crippen LogP contribution in [0.1, 0.15) is 50.8 Å². The topological polar surface area (TPSA) is 121 Å². The first kappa shape index (κ1) is 20.8. The second kappa shape index (κ2) is 8.03. The van der Waals surface area contributed by atoms with Gasteiger partial charge in [0.05, 0.1) is 29.5 Å². The molecule has 3 atom stereocenters. The van der Waals surface area contributed by atoms with E-state index >= 15 is 0 Å². The number of aromatic amines is 1. The van der Waals surface area contributed by atoms with Crippen LogP contribution in [-0.2, 0) is 11.3 Å². The van der Waals surface area contributed by atoms with Crippen LogP contribution in [0, 0.1) is 17.8 Å². The summed E-state index contributed by atoms with van der Waals surface area (Å²) in [5.74, 6) is 2.77. The first-order valence-corrected chi connectivity index (χ1v) is 12.7. The summed E-state index contributed by atoms with van der Waals surface area (Å²) in [5, 5.41) is 23.6. The normalized spacial score (nSPS) is 34.3. The number of anilines is 1. The van der Waals surface area contributed by atoms with Crippen LogP contribution in [0.15, 0.2) is 23.0 Å². The number of nitrogens with one attached hydrogen (secondary N) is 3. The van der Waals surface area contributed by atoms with E-state index in [0.717, 1.165) is 67.5 Å². The predicted molar refractivity (Wildman–Crippen MR) is 126 cm³/mol. The molecule has 3 aromatic rings. The number of aliphatic hydroxyl groups is 1. The third kappa shape index (κ3) is 3.61. The molecule has 0 aromatic carbocycles. The summed E-state index contributed by atoms with van der Waals surface area (Å²) in [6.45, 7) is 2.16. The molecule has 3 unspecified atom stereocenters. The lowest BCUT2D eigenvalue weighted by atomic mass is 9.52. The molecule has 4 bridgehead atoms. The number of hydrogen-bond donors (Lipinski definition) is 4. The molecule has 5 fully saturated rings. The van der Waals surface area contributed by atoms with Crippen molar-refractivity contribution >= 4 is 16.7 Å². The summed E-state index contributed by atoms with van der Waals surface area (Å²) in [7, 11) is 0. The molecule has 3 aromatic heterocycles. The van der Waals surface area contributed by atoms with Crippen LogP contribution in [0.3, 0.4) is 0 Å². The van der Waals surface area contributed by atoms with Crippen LogP contribution in [0.5, 0.6) is 0 Å². The number of pyridine rings is 1. The second-order valence-corrected chi connectivity index (χ2v) is 10.9. The van der Waals surface area contributed by atoms with Crippen molar-refractivity contribution in [2.75, 3.05) is 18.5 Å². The molecule has 0 spiro atoms. The summed E-state index contributed by atoms with van der Waals surface area (Å²) in [6.07, 6.45) is 11.5. The third-order valence-electron chi connectivity index (χ3n) is 8.52. The minimum atomic E-state index is -0.446. The highest BCUT2D eigenvalue weighted by molar-refractivity contribution is 5.97. The van der Waals surface area contributed by atoms with Crippen LogP contribution in [-0.4, -0.2) is 56.1 Å². The van der Waals surface area contributed by atoms with E-state index in [1.165, 1.54) is 12.8 Å². The summed E-state index contributed by atoms with van der Waals surface area (Å²) < 4.78 is 11.2. The molecule has 9 nitrogen and oxygen atoms in total. The van der Waals surface area contributed by atoms with Gasteiger partial charge < -0.3 is 30.0 Å². The maximum Gasteiger partial charge on any atom is 0.240 e. The van der Waals surface area contributed by atoms with Crippen LogP contribution < -0.4 is 10.6 Å². The zero-order valence-corrected chi connectivity index (χ0v) is 19.3. The number of rotatable bonds is 7. The quantitative estimate of drug-likeness (QED) is 0.421. The standard InChI is InChI=1S/C25H32N6O3/c32-25-8-14-6-15(9-25)21(16(7-14)10-25)30-22-18-3-4-27-23(18)28-12-19(22)24-29-20(34-31-24)13-26-11-17-2-1-5-33-17/h3-4,12,14-17,21,26,32H,1-2,5-11,13H2,(H2,27,28,30). The molecule has 0 radical (unpaired) electrons. The Bertz CT molecular complexity index is 1170. The number of aromatic nitrogens is 4. The van der Waals surface area contributed by atoms with Gasteiger partial charge >= 0.3 is 0 Å². The molecule has 8 rings (SSSR count). The molecule has 5 aliphatic rings. The van der Waals surface area contributed by atoms with Gasteiger partial charge in [0, 0.05) is 37.0 Å².